The molecule has 0 spiro atoms. The van der Waals surface area contributed by atoms with Crippen LogP contribution in [0, 0.1) is 0 Å². The lowest BCUT2D eigenvalue weighted by molar-refractivity contribution is -0.164. The summed E-state index contributed by atoms with van der Waals surface area (Å²) in [5.74, 6) is -0.230. The van der Waals surface area contributed by atoms with Gasteiger partial charge >= 0.3 is 0 Å². The number of alkyl halides is 1. The molecule has 1 heterocycles. The highest BCUT2D eigenvalue weighted by atomic mass is 79.9. The summed E-state index contributed by atoms with van der Waals surface area (Å²) in [6.07, 6.45) is 5.75. The number of hydrogen-bond donors (Lipinski definition) is 0. The molecule has 78 valence electrons. The van der Waals surface area contributed by atoms with Crippen LogP contribution in [0.25, 0.3) is 0 Å². The van der Waals surface area contributed by atoms with Crippen molar-refractivity contribution in [3.05, 3.63) is 0 Å². The van der Waals surface area contributed by atoms with E-state index in [4.69, 9.17) is 9.47 Å². The average molecular weight is 251 g/mol. The molecular weight excluding hydrogens is 232 g/mol. The molecule has 0 amide bonds. The molecule has 1 aliphatic rings. The van der Waals surface area contributed by atoms with Gasteiger partial charge in [0.25, 0.3) is 0 Å². The van der Waals surface area contributed by atoms with E-state index in [9.17, 15) is 0 Å². The molecule has 0 aliphatic carbocycles. The molecule has 0 radical (unpaired) electrons. The van der Waals surface area contributed by atoms with Gasteiger partial charge in [0.1, 0.15) is 0 Å². The summed E-state index contributed by atoms with van der Waals surface area (Å²) in [5.41, 5.74) is 0. The third-order valence-electron chi connectivity index (χ3n) is 2.54. The second-order valence-electron chi connectivity index (χ2n) is 3.46. The van der Waals surface area contributed by atoms with Crippen LogP contribution in [0.2, 0.25) is 0 Å². The summed E-state index contributed by atoms with van der Waals surface area (Å²) in [4.78, 5) is 0. The lowest BCUT2D eigenvalue weighted by Gasteiger charge is -2.25. The number of rotatable bonds is 6. The Balaban J connectivity index is 2.16. The van der Waals surface area contributed by atoms with E-state index < -0.39 is 0 Å². The zero-order valence-electron chi connectivity index (χ0n) is 8.35. The van der Waals surface area contributed by atoms with Gasteiger partial charge in [-0.2, -0.15) is 0 Å². The first-order chi connectivity index (χ1) is 6.33. The smallest absolute Gasteiger partial charge is 0.168 e. The summed E-state index contributed by atoms with van der Waals surface area (Å²) < 4.78 is 11.3. The largest absolute Gasteiger partial charge is 0.348 e. The minimum Gasteiger partial charge on any atom is -0.348 e. The maximum atomic E-state index is 5.64. The van der Waals surface area contributed by atoms with E-state index >= 15 is 0 Å². The first kappa shape index (κ1) is 11.5. The van der Waals surface area contributed by atoms with E-state index in [1.54, 1.807) is 0 Å². The molecule has 0 unspecified atom stereocenters. The van der Waals surface area contributed by atoms with Gasteiger partial charge in [-0.05, 0) is 19.3 Å². The molecule has 13 heavy (non-hydrogen) atoms. The van der Waals surface area contributed by atoms with Gasteiger partial charge in [-0.1, -0.05) is 29.3 Å². The SMILES string of the molecule is CCC1(CCCCCBr)OCCO1. The molecule has 0 aromatic carbocycles. The Morgan fingerprint density at radius 2 is 1.85 bits per heavy atom. The van der Waals surface area contributed by atoms with Crippen molar-refractivity contribution in [1.29, 1.82) is 0 Å². The molecule has 1 fully saturated rings. The monoisotopic (exact) mass is 250 g/mol. The van der Waals surface area contributed by atoms with Gasteiger partial charge in [-0.15, -0.1) is 0 Å². The highest BCUT2D eigenvalue weighted by molar-refractivity contribution is 9.09. The number of ether oxygens (including phenoxy) is 2. The molecule has 1 rings (SSSR count). The number of unbranched alkanes of at least 4 members (excludes halogenated alkanes) is 2. The summed E-state index contributed by atoms with van der Waals surface area (Å²) >= 11 is 3.43. The Bertz CT molecular complexity index is 133. The van der Waals surface area contributed by atoms with Crippen LogP contribution in [0.4, 0.5) is 0 Å². The van der Waals surface area contributed by atoms with E-state index in [-0.39, 0.29) is 5.79 Å². The van der Waals surface area contributed by atoms with Crippen LogP contribution in [0.15, 0.2) is 0 Å². The normalized spacial score (nSPS) is 20.8. The van der Waals surface area contributed by atoms with Crippen LogP contribution in [-0.4, -0.2) is 24.3 Å². The molecule has 0 aromatic heterocycles. The van der Waals surface area contributed by atoms with Crippen LogP contribution >= 0.6 is 15.9 Å². The van der Waals surface area contributed by atoms with Crippen molar-refractivity contribution in [3.8, 4) is 0 Å². The van der Waals surface area contributed by atoms with Crippen molar-refractivity contribution in [2.24, 2.45) is 0 Å². The number of halogens is 1. The fourth-order valence-corrected chi connectivity index (χ4v) is 2.08. The van der Waals surface area contributed by atoms with Crippen molar-refractivity contribution < 1.29 is 9.47 Å². The van der Waals surface area contributed by atoms with Crippen LogP contribution in [0.5, 0.6) is 0 Å². The molecule has 2 nitrogen and oxygen atoms in total. The third-order valence-corrected chi connectivity index (χ3v) is 3.10. The Morgan fingerprint density at radius 3 is 2.38 bits per heavy atom. The molecule has 0 N–H and O–H groups in total. The standard InChI is InChI=1S/C10H19BrO2/c1-2-10(12-8-9-13-10)6-4-3-5-7-11/h2-9H2,1H3. The molecule has 1 aliphatic heterocycles. The third kappa shape index (κ3) is 3.56. The fourth-order valence-electron chi connectivity index (χ4n) is 1.69. The van der Waals surface area contributed by atoms with Gasteiger partial charge in [0.2, 0.25) is 0 Å². The maximum Gasteiger partial charge on any atom is 0.168 e. The molecular formula is C10H19BrO2. The van der Waals surface area contributed by atoms with Crippen molar-refractivity contribution in [2.75, 3.05) is 18.5 Å². The van der Waals surface area contributed by atoms with E-state index in [1.807, 2.05) is 0 Å². The van der Waals surface area contributed by atoms with Gasteiger partial charge in [-0.3, -0.25) is 0 Å². The quantitative estimate of drug-likeness (QED) is 0.533. The second kappa shape index (κ2) is 5.99. The second-order valence-corrected chi connectivity index (χ2v) is 4.25. The van der Waals surface area contributed by atoms with Gasteiger partial charge < -0.3 is 9.47 Å². The minimum absolute atomic E-state index is 0.230. The highest BCUT2D eigenvalue weighted by Gasteiger charge is 2.33. The first-order valence-corrected chi connectivity index (χ1v) is 6.29. The van der Waals surface area contributed by atoms with Crippen LogP contribution in [0.3, 0.4) is 0 Å². The topological polar surface area (TPSA) is 18.5 Å². The van der Waals surface area contributed by atoms with Crippen LogP contribution in [0.1, 0.15) is 39.0 Å². The Labute approximate surface area is 89.1 Å². The summed E-state index contributed by atoms with van der Waals surface area (Å²) in [7, 11) is 0. The maximum absolute atomic E-state index is 5.64. The van der Waals surface area contributed by atoms with Crippen LogP contribution < -0.4 is 0 Å². The van der Waals surface area contributed by atoms with E-state index in [1.165, 1.54) is 19.3 Å². The minimum atomic E-state index is -0.230. The van der Waals surface area contributed by atoms with Crippen molar-refractivity contribution in [1.82, 2.24) is 0 Å². The molecule has 0 bridgehead atoms. The lowest BCUT2D eigenvalue weighted by atomic mass is 10.1. The van der Waals surface area contributed by atoms with Crippen LogP contribution in [-0.2, 0) is 9.47 Å². The first-order valence-electron chi connectivity index (χ1n) is 5.17. The molecule has 0 saturated carbocycles. The molecule has 0 atom stereocenters. The Hall–Kier alpha value is 0.400. The Kier molecular flexibility index (Phi) is 5.29. The zero-order chi connectivity index (χ0) is 9.57. The van der Waals surface area contributed by atoms with Gasteiger partial charge in [0.15, 0.2) is 5.79 Å². The van der Waals surface area contributed by atoms with Gasteiger partial charge in [0, 0.05) is 11.8 Å². The summed E-state index contributed by atoms with van der Waals surface area (Å²) in [5, 5.41) is 1.10. The number of hydrogen-bond acceptors (Lipinski definition) is 2. The van der Waals surface area contributed by atoms with Gasteiger partial charge in [-0.25, -0.2) is 0 Å². The van der Waals surface area contributed by atoms with Crippen molar-refractivity contribution >= 4 is 15.9 Å². The average Bonchev–Trinajstić information content (AvgIpc) is 2.62. The molecule has 0 aromatic rings. The Morgan fingerprint density at radius 1 is 1.15 bits per heavy atom. The zero-order valence-corrected chi connectivity index (χ0v) is 9.94. The summed E-state index contributed by atoms with van der Waals surface area (Å²) in [6, 6.07) is 0. The molecule has 3 heteroatoms. The van der Waals surface area contributed by atoms with E-state index in [0.717, 1.165) is 31.4 Å². The van der Waals surface area contributed by atoms with E-state index in [0.29, 0.717) is 0 Å². The predicted octanol–water partition coefficient (Wildman–Crippen LogP) is 3.09. The predicted molar refractivity (Wildman–Crippen MR) is 57.2 cm³/mol. The highest BCUT2D eigenvalue weighted by Crippen LogP contribution is 2.29. The van der Waals surface area contributed by atoms with E-state index in [2.05, 4.69) is 22.9 Å². The fraction of sp³-hybridized carbons (Fsp3) is 1.00. The summed E-state index contributed by atoms with van der Waals surface area (Å²) in [6.45, 7) is 3.67. The lowest BCUT2D eigenvalue weighted by Crippen LogP contribution is -2.28. The van der Waals surface area contributed by atoms with Gasteiger partial charge in [0.05, 0.1) is 13.2 Å². The van der Waals surface area contributed by atoms with Crippen molar-refractivity contribution in [3.63, 3.8) is 0 Å². The molecule has 1 saturated heterocycles. The van der Waals surface area contributed by atoms with Crippen molar-refractivity contribution in [2.45, 2.75) is 44.8 Å².